The molecule has 0 saturated heterocycles. The van der Waals surface area contributed by atoms with E-state index in [9.17, 15) is 9.18 Å². The molecule has 0 saturated carbocycles. The van der Waals surface area contributed by atoms with Gasteiger partial charge in [0.1, 0.15) is 5.82 Å². The second kappa shape index (κ2) is 6.71. The zero-order valence-electron chi connectivity index (χ0n) is 11.8. The van der Waals surface area contributed by atoms with Crippen molar-refractivity contribution in [3.8, 4) is 11.4 Å². The van der Waals surface area contributed by atoms with Crippen molar-refractivity contribution >= 4 is 17.7 Å². The number of hydrogen-bond donors (Lipinski definition) is 1. The number of rotatable bonds is 6. The van der Waals surface area contributed by atoms with Gasteiger partial charge in [-0.15, -0.1) is 10.2 Å². The van der Waals surface area contributed by atoms with Crippen LogP contribution in [-0.2, 0) is 11.3 Å². The van der Waals surface area contributed by atoms with Crippen molar-refractivity contribution in [2.75, 3.05) is 5.75 Å². The molecule has 7 heteroatoms. The van der Waals surface area contributed by atoms with Gasteiger partial charge in [0.15, 0.2) is 11.0 Å². The number of thioether (sulfide) groups is 1. The molecule has 0 unspecified atom stereocenters. The van der Waals surface area contributed by atoms with Gasteiger partial charge in [-0.3, -0.25) is 4.79 Å². The highest BCUT2D eigenvalue weighted by Crippen LogP contribution is 2.27. The Morgan fingerprint density at radius 1 is 1.43 bits per heavy atom. The Kier molecular flexibility index (Phi) is 4.95. The summed E-state index contributed by atoms with van der Waals surface area (Å²) in [5, 5.41) is 17.3. The Labute approximate surface area is 126 Å². The van der Waals surface area contributed by atoms with Gasteiger partial charge in [0.25, 0.3) is 0 Å². The van der Waals surface area contributed by atoms with E-state index in [4.69, 9.17) is 5.11 Å². The molecular formula is C14H16FN3O2S. The molecule has 5 nitrogen and oxygen atoms in total. The summed E-state index contributed by atoms with van der Waals surface area (Å²) in [5.74, 6) is -0.946. The Morgan fingerprint density at radius 2 is 2.19 bits per heavy atom. The van der Waals surface area contributed by atoms with Crippen molar-refractivity contribution in [1.29, 1.82) is 0 Å². The first-order valence-electron chi connectivity index (χ1n) is 6.57. The monoisotopic (exact) mass is 309 g/mol. The van der Waals surface area contributed by atoms with Crippen LogP contribution in [0.25, 0.3) is 11.4 Å². The van der Waals surface area contributed by atoms with Crippen LogP contribution in [0.15, 0.2) is 23.4 Å². The minimum atomic E-state index is -0.922. The van der Waals surface area contributed by atoms with Crippen LogP contribution < -0.4 is 0 Å². The largest absolute Gasteiger partial charge is 0.481 e. The Hall–Kier alpha value is -1.89. The van der Waals surface area contributed by atoms with Crippen LogP contribution in [0.4, 0.5) is 4.39 Å². The molecule has 1 heterocycles. The molecule has 0 aliphatic carbocycles. The third-order valence-corrected chi connectivity index (χ3v) is 3.80. The fourth-order valence-electron chi connectivity index (χ4n) is 1.96. The molecule has 1 N–H and O–H groups in total. The number of carboxylic acid groups (broad SMARTS) is 1. The second-order valence-corrected chi connectivity index (χ2v) is 5.57. The van der Waals surface area contributed by atoms with Crippen LogP contribution in [0, 0.1) is 12.7 Å². The van der Waals surface area contributed by atoms with Gasteiger partial charge in [-0.05, 0) is 25.5 Å². The molecule has 0 atom stereocenters. The molecule has 0 fully saturated rings. The number of benzene rings is 1. The molecule has 21 heavy (non-hydrogen) atoms. The van der Waals surface area contributed by atoms with Crippen LogP contribution in [0.5, 0.6) is 0 Å². The van der Waals surface area contributed by atoms with Crippen molar-refractivity contribution in [1.82, 2.24) is 14.8 Å². The molecule has 1 aromatic heterocycles. The highest BCUT2D eigenvalue weighted by atomic mass is 32.2. The van der Waals surface area contributed by atoms with Gasteiger partial charge < -0.3 is 9.67 Å². The third kappa shape index (κ3) is 3.60. The highest BCUT2D eigenvalue weighted by molar-refractivity contribution is 7.99. The molecule has 0 aliphatic rings. The first kappa shape index (κ1) is 15.5. The number of aryl methyl sites for hydroxylation is 1. The van der Waals surface area contributed by atoms with Gasteiger partial charge in [0.05, 0.1) is 11.3 Å². The van der Waals surface area contributed by atoms with E-state index in [2.05, 4.69) is 10.2 Å². The summed E-state index contributed by atoms with van der Waals surface area (Å²) in [6, 6.07) is 4.82. The Bertz CT molecular complexity index is 658. The van der Waals surface area contributed by atoms with Crippen molar-refractivity contribution in [3.05, 3.63) is 29.6 Å². The maximum Gasteiger partial charge on any atom is 0.313 e. The maximum atomic E-state index is 14.0. The third-order valence-electron chi connectivity index (χ3n) is 2.85. The predicted molar refractivity (Wildman–Crippen MR) is 78.8 cm³/mol. The number of carboxylic acids is 1. The van der Waals surface area contributed by atoms with Crippen LogP contribution >= 0.6 is 11.8 Å². The number of carbonyl (C=O) groups is 1. The van der Waals surface area contributed by atoms with Crippen LogP contribution in [0.2, 0.25) is 0 Å². The second-order valence-electron chi connectivity index (χ2n) is 4.62. The number of hydrogen-bond acceptors (Lipinski definition) is 4. The molecule has 1 aromatic carbocycles. The van der Waals surface area contributed by atoms with E-state index in [-0.39, 0.29) is 11.6 Å². The number of halogens is 1. The van der Waals surface area contributed by atoms with E-state index in [1.165, 1.54) is 6.07 Å². The van der Waals surface area contributed by atoms with Crippen molar-refractivity contribution in [3.63, 3.8) is 0 Å². The summed E-state index contributed by atoms with van der Waals surface area (Å²) in [6.07, 6.45) is 0.819. The van der Waals surface area contributed by atoms with Gasteiger partial charge in [-0.25, -0.2) is 4.39 Å². The lowest BCUT2D eigenvalue weighted by molar-refractivity contribution is -0.133. The van der Waals surface area contributed by atoms with Gasteiger partial charge in [0.2, 0.25) is 0 Å². The van der Waals surface area contributed by atoms with Gasteiger partial charge in [-0.2, -0.15) is 0 Å². The molecule has 0 amide bonds. The first-order valence-corrected chi connectivity index (χ1v) is 7.55. The summed E-state index contributed by atoms with van der Waals surface area (Å²) in [5.41, 5.74) is 1.32. The van der Waals surface area contributed by atoms with Gasteiger partial charge >= 0.3 is 5.97 Å². The topological polar surface area (TPSA) is 68.0 Å². The smallest absolute Gasteiger partial charge is 0.313 e. The SMILES string of the molecule is CCCn1c(SCC(=O)O)nnc1-c1cc(C)ccc1F. The lowest BCUT2D eigenvalue weighted by Gasteiger charge is -2.09. The normalized spacial score (nSPS) is 10.8. The average molecular weight is 309 g/mol. The van der Waals surface area contributed by atoms with Crippen molar-refractivity contribution in [2.45, 2.75) is 32.0 Å². The zero-order chi connectivity index (χ0) is 15.4. The molecule has 112 valence electrons. The summed E-state index contributed by atoms with van der Waals surface area (Å²) in [4.78, 5) is 10.7. The lowest BCUT2D eigenvalue weighted by Crippen LogP contribution is -2.05. The molecule has 0 aliphatic heterocycles. The van der Waals surface area contributed by atoms with Crippen molar-refractivity contribution in [2.24, 2.45) is 0 Å². The summed E-state index contributed by atoms with van der Waals surface area (Å²) in [7, 11) is 0. The van der Waals surface area contributed by atoms with Gasteiger partial charge in [0, 0.05) is 6.54 Å². The average Bonchev–Trinajstić information content (AvgIpc) is 2.82. The highest BCUT2D eigenvalue weighted by Gasteiger charge is 2.17. The van der Waals surface area contributed by atoms with E-state index in [0.29, 0.717) is 23.1 Å². The van der Waals surface area contributed by atoms with E-state index >= 15 is 0 Å². The zero-order valence-corrected chi connectivity index (χ0v) is 12.7. The number of nitrogens with zero attached hydrogens (tertiary/aromatic N) is 3. The van der Waals surface area contributed by atoms with E-state index in [1.807, 2.05) is 13.8 Å². The molecule has 0 radical (unpaired) electrons. The standard InChI is InChI=1S/C14H16FN3O2S/c1-3-6-18-13(10-7-9(2)4-5-11(10)15)16-17-14(18)21-8-12(19)20/h4-5,7H,3,6,8H2,1-2H3,(H,19,20). The van der Waals surface area contributed by atoms with E-state index in [1.54, 1.807) is 16.7 Å². The Balaban J connectivity index is 2.43. The molecule has 2 rings (SSSR count). The molecule has 0 bridgehead atoms. The van der Waals surface area contributed by atoms with Crippen LogP contribution in [0.3, 0.4) is 0 Å². The fraction of sp³-hybridized carbons (Fsp3) is 0.357. The van der Waals surface area contributed by atoms with Gasteiger partial charge in [-0.1, -0.05) is 30.3 Å². The summed E-state index contributed by atoms with van der Waals surface area (Å²) >= 11 is 1.09. The number of aromatic nitrogens is 3. The molecular weight excluding hydrogens is 293 g/mol. The summed E-state index contributed by atoms with van der Waals surface area (Å²) < 4.78 is 15.8. The maximum absolute atomic E-state index is 14.0. The minimum absolute atomic E-state index is 0.0991. The predicted octanol–water partition coefficient (Wildman–Crippen LogP) is 2.98. The Morgan fingerprint density at radius 3 is 2.86 bits per heavy atom. The minimum Gasteiger partial charge on any atom is -0.481 e. The van der Waals surface area contributed by atoms with Crippen LogP contribution in [0.1, 0.15) is 18.9 Å². The number of aliphatic carboxylic acids is 1. The first-order chi connectivity index (χ1) is 10.0. The molecule has 0 spiro atoms. The summed E-state index contributed by atoms with van der Waals surface area (Å²) in [6.45, 7) is 4.48. The molecule has 2 aromatic rings. The van der Waals surface area contributed by atoms with Crippen molar-refractivity contribution < 1.29 is 14.3 Å². The van der Waals surface area contributed by atoms with E-state index in [0.717, 1.165) is 23.7 Å². The lowest BCUT2D eigenvalue weighted by atomic mass is 10.1. The quantitative estimate of drug-likeness (QED) is 0.831. The fourth-order valence-corrected chi connectivity index (χ4v) is 2.64. The van der Waals surface area contributed by atoms with Crippen LogP contribution in [-0.4, -0.2) is 31.6 Å². The van der Waals surface area contributed by atoms with E-state index < -0.39 is 5.97 Å².